The lowest BCUT2D eigenvalue weighted by atomic mass is 10.1. The van der Waals surface area contributed by atoms with Crippen molar-refractivity contribution >= 4 is 35.0 Å². The van der Waals surface area contributed by atoms with Crippen LogP contribution in [0, 0.1) is 0 Å². The summed E-state index contributed by atoms with van der Waals surface area (Å²) >= 11 is 7.14. The van der Waals surface area contributed by atoms with Crippen LogP contribution in [0.5, 0.6) is 0 Å². The van der Waals surface area contributed by atoms with Gasteiger partial charge in [0.15, 0.2) is 5.76 Å². The van der Waals surface area contributed by atoms with E-state index >= 15 is 0 Å². The van der Waals surface area contributed by atoms with Gasteiger partial charge in [-0.25, -0.2) is 4.98 Å². The summed E-state index contributed by atoms with van der Waals surface area (Å²) in [5.74, 6) is 0.783. The molecule has 0 aliphatic rings. The van der Waals surface area contributed by atoms with Crippen LogP contribution in [-0.4, -0.2) is 16.6 Å². The topological polar surface area (TPSA) is 55.1 Å². The number of rotatable bonds is 6. The van der Waals surface area contributed by atoms with Gasteiger partial charge < -0.3 is 9.73 Å². The van der Waals surface area contributed by atoms with Crippen molar-refractivity contribution in [2.45, 2.75) is 18.6 Å². The molecule has 0 spiro atoms. The Hall–Kier alpha value is -2.24. The lowest BCUT2D eigenvalue weighted by Gasteiger charge is -2.05. The summed E-state index contributed by atoms with van der Waals surface area (Å²) in [5, 5.41) is 3.99. The van der Waals surface area contributed by atoms with Crippen LogP contribution in [0.4, 0.5) is 5.69 Å². The largest absolute Gasteiger partial charge is 0.431 e. The normalized spacial score (nSPS) is 10.6. The molecule has 0 aliphatic heterocycles. The molecule has 25 heavy (non-hydrogen) atoms. The zero-order valence-electron chi connectivity index (χ0n) is 13.7. The molecule has 3 aromatic rings. The highest BCUT2D eigenvalue weighted by atomic mass is 35.5. The van der Waals surface area contributed by atoms with Gasteiger partial charge in [0, 0.05) is 16.3 Å². The number of carbonyl (C=O) groups is 1. The maximum Gasteiger partial charge on any atom is 0.256 e. The summed E-state index contributed by atoms with van der Waals surface area (Å²) in [6.07, 6.45) is 2.62. The Morgan fingerprint density at radius 3 is 2.56 bits per heavy atom. The third kappa shape index (κ3) is 4.87. The van der Waals surface area contributed by atoms with E-state index in [0.717, 1.165) is 17.7 Å². The molecule has 0 aliphatic carbocycles. The van der Waals surface area contributed by atoms with Gasteiger partial charge >= 0.3 is 0 Å². The molecule has 128 valence electrons. The van der Waals surface area contributed by atoms with Crippen molar-refractivity contribution in [3.8, 4) is 11.3 Å². The first-order chi connectivity index (χ1) is 12.1. The zero-order chi connectivity index (χ0) is 17.6. The molecule has 1 aromatic heterocycles. The number of benzene rings is 2. The van der Waals surface area contributed by atoms with Crippen LogP contribution in [0.2, 0.25) is 5.02 Å². The molecule has 1 N–H and O–H groups in total. The number of nitrogens with one attached hydrogen (secondary N) is 1. The number of aromatic nitrogens is 1. The molecular formula is C19H17ClN2O2S. The predicted octanol–water partition coefficient (Wildman–Crippen LogP) is 5.29. The highest BCUT2D eigenvalue weighted by Crippen LogP contribution is 2.26. The van der Waals surface area contributed by atoms with Crippen molar-refractivity contribution in [1.29, 1.82) is 0 Å². The number of nitrogens with zero attached hydrogens (tertiary/aromatic N) is 1. The van der Waals surface area contributed by atoms with Gasteiger partial charge in [0.1, 0.15) is 0 Å². The second-order valence-electron chi connectivity index (χ2n) is 5.38. The SMILES string of the molecule is CCc1ccc(NC(=O)CSc2ncc(-c3ccc(Cl)cc3)o2)cc1. The first-order valence-electron chi connectivity index (χ1n) is 7.87. The molecule has 1 amide bonds. The molecule has 0 fully saturated rings. The van der Waals surface area contributed by atoms with E-state index in [2.05, 4.69) is 17.2 Å². The fourth-order valence-electron chi connectivity index (χ4n) is 2.22. The summed E-state index contributed by atoms with van der Waals surface area (Å²) < 4.78 is 5.67. The van der Waals surface area contributed by atoms with Crippen molar-refractivity contribution in [1.82, 2.24) is 4.98 Å². The van der Waals surface area contributed by atoms with E-state index in [1.165, 1.54) is 17.3 Å². The number of hydrogen-bond donors (Lipinski definition) is 1. The number of aryl methyl sites for hydroxylation is 1. The van der Waals surface area contributed by atoms with Gasteiger partial charge in [-0.3, -0.25) is 4.79 Å². The van der Waals surface area contributed by atoms with Crippen molar-refractivity contribution < 1.29 is 9.21 Å². The Bertz CT molecular complexity index is 845. The molecule has 0 unspecified atom stereocenters. The van der Waals surface area contributed by atoms with Gasteiger partial charge in [-0.1, -0.05) is 42.4 Å². The van der Waals surface area contributed by atoms with E-state index in [1.54, 1.807) is 18.3 Å². The first-order valence-corrected chi connectivity index (χ1v) is 9.24. The minimum Gasteiger partial charge on any atom is -0.431 e. The van der Waals surface area contributed by atoms with Gasteiger partial charge in [0.25, 0.3) is 5.22 Å². The number of oxazole rings is 1. The number of anilines is 1. The lowest BCUT2D eigenvalue weighted by molar-refractivity contribution is -0.113. The van der Waals surface area contributed by atoms with E-state index in [9.17, 15) is 4.79 Å². The van der Waals surface area contributed by atoms with E-state index in [4.69, 9.17) is 16.0 Å². The molecule has 2 aromatic carbocycles. The lowest BCUT2D eigenvalue weighted by Crippen LogP contribution is -2.13. The molecule has 0 bridgehead atoms. The van der Waals surface area contributed by atoms with Crippen LogP contribution in [-0.2, 0) is 11.2 Å². The van der Waals surface area contributed by atoms with E-state index in [0.29, 0.717) is 16.0 Å². The van der Waals surface area contributed by atoms with Crippen LogP contribution >= 0.6 is 23.4 Å². The second-order valence-corrected chi connectivity index (χ2v) is 6.75. The molecule has 3 rings (SSSR count). The smallest absolute Gasteiger partial charge is 0.256 e. The molecule has 0 radical (unpaired) electrons. The minimum atomic E-state index is -0.0968. The number of hydrogen-bond acceptors (Lipinski definition) is 4. The monoisotopic (exact) mass is 372 g/mol. The minimum absolute atomic E-state index is 0.0968. The maximum atomic E-state index is 12.0. The second kappa shape index (κ2) is 8.23. The fraction of sp³-hybridized carbons (Fsp3) is 0.158. The average Bonchev–Trinajstić information content (AvgIpc) is 3.10. The Morgan fingerprint density at radius 2 is 1.88 bits per heavy atom. The Labute approximate surface area is 155 Å². The summed E-state index contributed by atoms with van der Waals surface area (Å²) in [6.45, 7) is 2.10. The molecule has 0 saturated carbocycles. The predicted molar refractivity (Wildman–Crippen MR) is 102 cm³/mol. The van der Waals surface area contributed by atoms with E-state index in [1.807, 2.05) is 36.4 Å². The number of carbonyl (C=O) groups excluding carboxylic acids is 1. The average molecular weight is 373 g/mol. The van der Waals surface area contributed by atoms with Crippen LogP contribution in [0.3, 0.4) is 0 Å². The number of halogens is 1. The van der Waals surface area contributed by atoms with Gasteiger partial charge in [0.05, 0.1) is 11.9 Å². The molecule has 0 saturated heterocycles. The van der Waals surface area contributed by atoms with E-state index < -0.39 is 0 Å². The zero-order valence-corrected chi connectivity index (χ0v) is 15.2. The summed E-state index contributed by atoms with van der Waals surface area (Å²) in [7, 11) is 0. The van der Waals surface area contributed by atoms with Crippen LogP contribution < -0.4 is 5.32 Å². The Kier molecular flexibility index (Phi) is 5.79. The van der Waals surface area contributed by atoms with Crippen molar-refractivity contribution in [3.63, 3.8) is 0 Å². The van der Waals surface area contributed by atoms with Crippen molar-refractivity contribution in [2.75, 3.05) is 11.1 Å². The highest BCUT2D eigenvalue weighted by molar-refractivity contribution is 7.99. The van der Waals surface area contributed by atoms with Crippen molar-refractivity contribution in [3.05, 3.63) is 65.3 Å². The van der Waals surface area contributed by atoms with E-state index in [-0.39, 0.29) is 11.7 Å². The summed E-state index contributed by atoms with van der Waals surface area (Å²) in [6, 6.07) is 15.2. The Morgan fingerprint density at radius 1 is 1.16 bits per heavy atom. The third-order valence-electron chi connectivity index (χ3n) is 3.59. The van der Waals surface area contributed by atoms with Gasteiger partial charge in [-0.05, 0) is 48.4 Å². The molecule has 6 heteroatoms. The van der Waals surface area contributed by atoms with Crippen LogP contribution in [0.15, 0.2) is 64.4 Å². The van der Waals surface area contributed by atoms with Gasteiger partial charge in [-0.2, -0.15) is 0 Å². The van der Waals surface area contributed by atoms with Crippen molar-refractivity contribution in [2.24, 2.45) is 0 Å². The first kappa shape index (κ1) is 17.6. The summed E-state index contributed by atoms with van der Waals surface area (Å²) in [5.41, 5.74) is 2.92. The van der Waals surface area contributed by atoms with Gasteiger partial charge in [-0.15, -0.1) is 0 Å². The molecule has 1 heterocycles. The van der Waals surface area contributed by atoms with Crippen LogP contribution in [0.1, 0.15) is 12.5 Å². The quantitative estimate of drug-likeness (QED) is 0.597. The standard InChI is InChI=1S/C19H17ClN2O2S/c1-2-13-3-9-16(10-4-13)22-18(23)12-25-19-21-11-17(24-19)14-5-7-15(20)8-6-14/h3-11H,2,12H2,1H3,(H,22,23). The fourth-order valence-corrected chi connectivity index (χ4v) is 2.95. The van der Waals surface area contributed by atoms with Gasteiger partial charge in [0.2, 0.25) is 5.91 Å². The Balaban J connectivity index is 1.54. The molecule has 4 nitrogen and oxygen atoms in total. The summed E-state index contributed by atoms with van der Waals surface area (Å²) in [4.78, 5) is 16.2. The van der Waals surface area contributed by atoms with Crippen LogP contribution in [0.25, 0.3) is 11.3 Å². The maximum absolute atomic E-state index is 12.0. The number of thioether (sulfide) groups is 1. The highest BCUT2D eigenvalue weighted by Gasteiger charge is 2.10. The molecule has 0 atom stereocenters. The third-order valence-corrected chi connectivity index (χ3v) is 4.68. The number of amides is 1. The molecular weight excluding hydrogens is 356 g/mol.